The molecular formula is C25H34N2O4. The van der Waals surface area contributed by atoms with Crippen LogP contribution in [0.25, 0.3) is 0 Å². The molecule has 1 N–H and O–H groups in total. The molecular weight excluding hydrogens is 392 g/mol. The molecule has 1 atom stereocenters. The molecule has 31 heavy (non-hydrogen) atoms. The molecule has 0 saturated carbocycles. The zero-order chi connectivity index (χ0) is 22.8. The fourth-order valence-corrected chi connectivity index (χ4v) is 3.15. The zero-order valence-corrected chi connectivity index (χ0v) is 19.2. The molecule has 0 aliphatic carbocycles. The quantitative estimate of drug-likeness (QED) is 0.551. The Labute approximate surface area is 185 Å². The standard InChI is InChI=1S/C25H34N2O4/c1-6-7-15-26-25(29)20(4)27(16-21-11-13-22(30-5)14-12-21)24(28)17-31-23-10-8-9-18(2)19(23)3/h8-14,20H,6-7,15-17H2,1-5H3,(H,26,29)/t20-/m1/s1. The number of methoxy groups -OCH3 is 1. The number of hydrogen-bond donors (Lipinski definition) is 1. The first kappa shape index (κ1) is 24.3. The number of unbranched alkanes of at least 4 members (excludes halogenated alkanes) is 1. The Morgan fingerprint density at radius 2 is 1.81 bits per heavy atom. The van der Waals surface area contributed by atoms with Crippen molar-refractivity contribution < 1.29 is 19.1 Å². The molecule has 0 unspecified atom stereocenters. The minimum Gasteiger partial charge on any atom is -0.497 e. The van der Waals surface area contributed by atoms with Crippen molar-refractivity contribution >= 4 is 11.8 Å². The van der Waals surface area contributed by atoms with Crippen LogP contribution >= 0.6 is 0 Å². The summed E-state index contributed by atoms with van der Waals surface area (Å²) >= 11 is 0. The highest BCUT2D eigenvalue weighted by atomic mass is 16.5. The Morgan fingerprint density at radius 1 is 1.10 bits per heavy atom. The first-order valence-electron chi connectivity index (χ1n) is 10.8. The molecule has 2 amide bonds. The van der Waals surface area contributed by atoms with Crippen molar-refractivity contribution in [3.63, 3.8) is 0 Å². The number of amides is 2. The maximum Gasteiger partial charge on any atom is 0.261 e. The highest BCUT2D eigenvalue weighted by Gasteiger charge is 2.26. The lowest BCUT2D eigenvalue weighted by atomic mass is 10.1. The van der Waals surface area contributed by atoms with Crippen molar-refractivity contribution in [2.24, 2.45) is 0 Å². The number of rotatable bonds is 11. The highest BCUT2D eigenvalue weighted by Crippen LogP contribution is 2.21. The summed E-state index contributed by atoms with van der Waals surface area (Å²) in [6.45, 7) is 8.56. The molecule has 0 radical (unpaired) electrons. The van der Waals surface area contributed by atoms with Crippen LogP contribution in [0, 0.1) is 13.8 Å². The molecule has 0 fully saturated rings. The van der Waals surface area contributed by atoms with Crippen molar-refractivity contribution in [1.82, 2.24) is 10.2 Å². The van der Waals surface area contributed by atoms with Gasteiger partial charge in [-0.25, -0.2) is 0 Å². The molecule has 0 saturated heterocycles. The Bertz CT molecular complexity index is 864. The Kier molecular flexibility index (Phi) is 9.38. The van der Waals surface area contributed by atoms with Crippen molar-refractivity contribution in [1.29, 1.82) is 0 Å². The summed E-state index contributed by atoms with van der Waals surface area (Å²) < 4.78 is 11.0. The zero-order valence-electron chi connectivity index (χ0n) is 19.2. The molecule has 0 spiro atoms. The predicted octanol–water partition coefficient (Wildman–Crippen LogP) is 4.02. The molecule has 0 aromatic heterocycles. The van der Waals surface area contributed by atoms with Crippen LogP contribution in [0.15, 0.2) is 42.5 Å². The first-order chi connectivity index (χ1) is 14.9. The number of hydrogen-bond acceptors (Lipinski definition) is 4. The van der Waals surface area contributed by atoms with E-state index >= 15 is 0 Å². The number of carbonyl (C=O) groups excluding carboxylic acids is 2. The third-order valence-corrected chi connectivity index (χ3v) is 5.41. The molecule has 168 valence electrons. The lowest BCUT2D eigenvalue weighted by molar-refractivity contribution is -0.142. The average Bonchev–Trinajstić information content (AvgIpc) is 2.78. The van der Waals surface area contributed by atoms with Crippen LogP contribution in [-0.2, 0) is 16.1 Å². The van der Waals surface area contributed by atoms with Gasteiger partial charge in [0.25, 0.3) is 5.91 Å². The van der Waals surface area contributed by atoms with E-state index in [0.29, 0.717) is 18.8 Å². The Balaban J connectivity index is 2.14. The summed E-state index contributed by atoms with van der Waals surface area (Å²) in [5.41, 5.74) is 3.01. The number of nitrogens with one attached hydrogen (secondary N) is 1. The predicted molar refractivity (Wildman–Crippen MR) is 122 cm³/mol. The van der Waals surface area contributed by atoms with Crippen LogP contribution in [0.3, 0.4) is 0 Å². The second kappa shape index (κ2) is 12.0. The molecule has 0 bridgehead atoms. The minimum absolute atomic E-state index is 0.132. The van der Waals surface area contributed by atoms with Gasteiger partial charge < -0.3 is 19.7 Å². The summed E-state index contributed by atoms with van der Waals surface area (Å²) in [5, 5.41) is 2.92. The summed E-state index contributed by atoms with van der Waals surface area (Å²) in [7, 11) is 1.61. The van der Waals surface area contributed by atoms with Gasteiger partial charge in [-0.2, -0.15) is 0 Å². The number of aryl methyl sites for hydroxylation is 1. The molecule has 2 aromatic rings. The van der Waals surface area contributed by atoms with Gasteiger partial charge in [-0.05, 0) is 62.1 Å². The summed E-state index contributed by atoms with van der Waals surface area (Å²) in [6.07, 6.45) is 1.90. The van der Waals surface area contributed by atoms with E-state index in [-0.39, 0.29) is 18.4 Å². The van der Waals surface area contributed by atoms with Crippen molar-refractivity contribution in [3.8, 4) is 11.5 Å². The monoisotopic (exact) mass is 426 g/mol. The fourth-order valence-electron chi connectivity index (χ4n) is 3.15. The molecule has 0 aliphatic heterocycles. The number of nitrogens with zero attached hydrogens (tertiary/aromatic N) is 1. The maximum atomic E-state index is 13.1. The van der Waals surface area contributed by atoms with Gasteiger partial charge >= 0.3 is 0 Å². The molecule has 6 nitrogen and oxygen atoms in total. The van der Waals surface area contributed by atoms with Crippen LogP contribution in [0.1, 0.15) is 43.4 Å². The van der Waals surface area contributed by atoms with Crippen molar-refractivity contribution in [3.05, 3.63) is 59.2 Å². The summed E-state index contributed by atoms with van der Waals surface area (Å²) in [5.74, 6) is 1.01. The molecule has 0 aliphatic rings. The van der Waals surface area contributed by atoms with E-state index in [1.807, 2.05) is 56.3 Å². The van der Waals surface area contributed by atoms with Gasteiger partial charge in [0.1, 0.15) is 17.5 Å². The van der Waals surface area contributed by atoms with Gasteiger partial charge in [-0.1, -0.05) is 37.6 Å². The molecule has 2 rings (SSSR count). The van der Waals surface area contributed by atoms with Crippen LogP contribution in [0.4, 0.5) is 0 Å². The van der Waals surface area contributed by atoms with Crippen molar-refractivity contribution in [2.45, 2.75) is 53.1 Å². The minimum atomic E-state index is -0.617. The van der Waals surface area contributed by atoms with E-state index < -0.39 is 6.04 Å². The van der Waals surface area contributed by atoms with Gasteiger partial charge in [0.05, 0.1) is 7.11 Å². The first-order valence-corrected chi connectivity index (χ1v) is 10.8. The van der Waals surface area contributed by atoms with E-state index in [0.717, 1.165) is 35.3 Å². The van der Waals surface area contributed by atoms with Crippen molar-refractivity contribution in [2.75, 3.05) is 20.3 Å². The van der Waals surface area contributed by atoms with E-state index in [4.69, 9.17) is 9.47 Å². The van der Waals surface area contributed by atoms with Crippen LogP contribution in [-0.4, -0.2) is 43.0 Å². The average molecular weight is 427 g/mol. The second-order valence-electron chi connectivity index (χ2n) is 7.68. The maximum absolute atomic E-state index is 13.1. The topological polar surface area (TPSA) is 67.9 Å². The number of benzene rings is 2. The fraction of sp³-hybridized carbons (Fsp3) is 0.440. The third-order valence-electron chi connectivity index (χ3n) is 5.41. The van der Waals surface area contributed by atoms with Crippen LogP contribution in [0.2, 0.25) is 0 Å². The number of ether oxygens (including phenoxy) is 2. The largest absolute Gasteiger partial charge is 0.497 e. The summed E-state index contributed by atoms with van der Waals surface area (Å²) in [6, 6.07) is 12.6. The van der Waals surface area contributed by atoms with Crippen LogP contribution in [0.5, 0.6) is 11.5 Å². The van der Waals surface area contributed by atoms with Crippen LogP contribution < -0.4 is 14.8 Å². The highest BCUT2D eigenvalue weighted by molar-refractivity contribution is 5.88. The van der Waals surface area contributed by atoms with Gasteiger partial charge in [-0.3, -0.25) is 9.59 Å². The molecule has 6 heteroatoms. The van der Waals surface area contributed by atoms with E-state index in [1.54, 1.807) is 18.9 Å². The smallest absolute Gasteiger partial charge is 0.261 e. The van der Waals surface area contributed by atoms with Gasteiger partial charge in [-0.15, -0.1) is 0 Å². The number of carbonyl (C=O) groups is 2. The van der Waals surface area contributed by atoms with E-state index in [9.17, 15) is 9.59 Å². The van der Waals surface area contributed by atoms with Gasteiger partial charge in [0, 0.05) is 13.1 Å². The van der Waals surface area contributed by atoms with Gasteiger partial charge in [0.2, 0.25) is 5.91 Å². The second-order valence-corrected chi connectivity index (χ2v) is 7.68. The van der Waals surface area contributed by atoms with E-state index in [1.165, 1.54) is 0 Å². The lowest BCUT2D eigenvalue weighted by Gasteiger charge is -2.29. The normalized spacial score (nSPS) is 11.5. The lowest BCUT2D eigenvalue weighted by Crippen LogP contribution is -2.49. The molecule has 0 heterocycles. The Morgan fingerprint density at radius 3 is 2.45 bits per heavy atom. The summed E-state index contributed by atoms with van der Waals surface area (Å²) in [4.78, 5) is 27.3. The third kappa shape index (κ3) is 7.02. The molecule has 2 aromatic carbocycles. The van der Waals surface area contributed by atoms with Gasteiger partial charge in [0.15, 0.2) is 6.61 Å². The van der Waals surface area contributed by atoms with E-state index in [2.05, 4.69) is 12.2 Å². The SMILES string of the molecule is CCCCNC(=O)[C@@H](C)N(Cc1ccc(OC)cc1)C(=O)COc1cccc(C)c1C. The Hall–Kier alpha value is -3.02.